The van der Waals surface area contributed by atoms with Crippen molar-refractivity contribution in [3.8, 4) is 11.1 Å². The minimum absolute atomic E-state index is 0.386. The highest BCUT2D eigenvalue weighted by Gasteiger charge is 2.27. The zero-order chi connectivity index (χ0) is 19.1. The Labute approximate surface area is 162 Å². The predicted molar refractivity (Wildman–Crippen MR) is 110 cm³/mol. The van der Waals surface area contributed by atoms with Crippen molar-refractivity contribution in [1.82, 2.24) is 4.90 Å². The monoisotopic (exact) mass is 366 g/mol. The van der Waals surface area contributed by atoms with E-state index in [9.17, 15) is 4.79 Å². The SMILES string of the molecule is NCCN(CCCCCCCC1c2ccccc2-c2ccccc21)C(=O)O. The maximum atomic E-state index is 11.1. The number of carboxylic acid groups (broad SMARTS) is 1. The lowest BCUT2D eigenvalue weighted by atomic mass is 9.91. The van der Waals surface area contributed by atoms with Gasteiger partial charge in [0, 0.05) is 25.6 Å². The topological polar surface area (TPSA) is 66.6 Å². The lowest BCUT2D eigenvalue weighted by Crippen LogP contribution is -2.34. The standard InChI is InChI=1S/C23H30N2O2/c24-15-17-25(23(26)27)16-9-3-1-2-4-10-18-19-11-5-7-13-21(19)22-14-8-6-12-20(18)22/h5-8,11-14,18H,1-4,9-10,15-17,24H2,(H,26,27). The molecule has 0 aliphatic heterocycles. The van der Waals surface area contributed by atoms with Crippen molar-refractivity contribution in [2.24, 2.45) is 5.73 Å². The van der Waals surface area contributed by atoms with Crippen molar-refractivity contribution in [3.05, 3.63) is 59.7 Å². The molecular weight excluding hydrogens is 336 g/mol. The lowest BCUT2D eigenvalue weighted by Gasteiger charge is -2.18. The van der Waals surface area contributed by atoms with E-state index in [1.54, 1.807) is 0 Å². The van der Waals surface area contributed by atoms with E-state index in [0.717, 1.165) is 19.3 Å². The summed E-state index contributed by atoms with van der Waals surface area (Å²) < 4.78 is 0. The van der Waals surface area contributed by atoms with Gasteiger partial charge in [0.2, 0.25) is 0 Å². The third kappa shape index (κ3) is 4.69. The molecule has 0 atom stereocenters. The second-order valence-electron chi connectivity index (χ2n) is 7.34. The lowest BCUT2D eigenvalue weighted by molar-refractivity contribution is 0.145. The molecule has 2 aromatic carbocycles. The zero-order valence-corrected chi connectivity index (χ0v) is 15.9. The Hall–Kier alpha value is -2.33. The van der Waals surface area contributed by atoms with Gasteiger partial charge in [0.1, 0.15) is 0 Å². The molecule has 27 heavy (non-hydrogen) atoms. The first-order valence-electron chi connectivity index (χ1n) is 10.1. The molecule has 1 aliphatic carbocycles. The van der Waals surface area contributed by atoms with Gasteiger partial charge < -0.3 is 15.7 Å². The smallest absolute Gasteiger partial charge is 0.407 e. The Bertz CT molecular complexity index is 714. The van der Waals surface area contributed by atoms with Crippen molar-refractivity contribution in [2.75, 3.05) is 19.6 Å². The molecule has 4 nitrogen and oxygen atoms in total. The van der Waals surface area contributed by atoms with Gasteiger partial charge in [-0.3, -0.25) is 0 Å². The summed E-state index contributed by atoms with van der Waals surface area (Å²) >= 11 is 0. The summed E-state index contributed by atoms with van der Waals surface area (Å²) in [5, 5.41) is 9.10. The van der Waals surface area contributed by atoms with Gasteiger partial charge in [-0.05, 0) is 35.1 Å². The molecular formula is C23H30N2O2. The number of rotatable bonds is 10. The average molecular weight is 367 g/mol. The summed E-state index contributed by atoms with van der Waals surface area (Å²) in [5.74, 6) is 0.518. The van der Waals surface area contributed by atoms with E-state index < -0.39 is 6.09 Å². The molecule has 0 aromatic heterocycles. The number of benzene rings is 2. The molecule has 0 bridgehead atoms. The summed E-state index contributed by atoms with van der Waals surface area (Å²) in [5.41, 5.74) is 11.2. The highest BCUT2D eigenvalue weighted by Crippen LogP contribution is 2.46. The molecule has 0 fully saturated rings. The molecule has 144 valence electrons. The van der Waals surface area contributed by atoms with E-state index in [1.165, 1.54) is 46.4 Å². The van der Waals surface area contributed by atoms with Gasteiger partial charge in [0.15, 0.2) is 0 Å². The number of fused-ring (bicyclic) bond motifs is 3. The first-order valence-corrected chi connectivity index (χ1v) is 10.1. The number of hydrogen-bond acceptors (Lipinski definition) is 2. The number of carbonyl (C=O) groups is 1. The maximum absolute atomic E-state index is 11.1. The van der Waals surface area contributed by atoms with Crippen molar-refractivity contribution in [2.45, 2.75) is 44.4 Å². The fourth-order valence-electron chi connectivity index (χ4n) is 4.21. The fourth-order valence-corrected chi connectivity index (χ4v) is 4.21. The van der Waals surface area contributed by atoms with Crippen LogP contribution in [-0.4, -0.2) is 35.7 Å². The molecule has 4 heteroatoms. The normalized spacial score (nSPS) is 12.6. The van der Waals surface area contributed by atoms with Crippen molar-refractivity contribution in [3.63, 3.8) is 0 Å². The summed E-state index contributed by atoms with van der Waals surface area (Å²) in [6, 6.07) is 17.6. The Morgan fingerprint density at radius 3 is 2.00 bits per heavy atom. The molecule has 3 N–H and O–H groups in total. The van der Waals surface area contributed by atoms with Gasteiger partial charge in [-0.15, -0.1) is 0 Å². The van der Waals surface area contributed by atoms with E-state index in [4.69, 9.17) is 10.8 Å². The van der Waals surface area contributed by atoms with E-state index in [0.29, 0.717) is 25.6 Å². The molecule has 0 unspecified atom stereocenters. The molecule has 1 aliphatic rings. The van der Waals surface area contributed by atoms with Gasteiger partial charge >= 0.3 is 6.09 Å². The molecule has 1 amide bonds. The molecule has 0 heterocycles. The Kier molecular flexibility index (Phi) is 6.88. The first kappa shape index (κ1) is 19.4. The highest BCUT2D eigenvalue weighted by molar-refractivity contribution is 5.78. The van der Waals surface area contributed by atoms with Crippen LogP contribution >= 0.6 is 0 Å². The third-order valence-electron chi connectivity index (χ3n) is 5.55. The van der Waals surface area contributed by atoms with Crippen LogP contribution in [0.25, 0.3) is 11.1 Å². The van der Waals surface area contributed by atoms with Gasteiger partial charge in [0.25, 0.3) is 0 Å². The third-order valence-corrected chi connectivity index (χ3v) is 5.55. The second-order valence-corrected chi connectivity index (χ2v) is 7.34. The Morgan fingerprint density at radius 2 is 1.41 bits per heavy atom. The van der Waals surface area contributed by atoms with E-state index in [-0.39, 0.29) is 0 Å². The van der Waals surface area contributed by atoms with Crippen LogP contribution in [0.2, 0.25) is 0 Å². The van der Waals surface area contributed by atoms with Crippen LogP contribution < -0.4 is 5.73 Å². The predicted octanol–water partition coefficient (Wildman–Crippen LogP) is 5.08. The molecule has 0 saturated carbocycles. The number of nitrogens with two attached hydrogens (primary N) is 1. The Morgan fingerprint density at radius 1 is 0.852 bits per heavy atom. The number of hydrogen-bond donors (Lipinski definition) is 2. The molecule has 0 radical (unpaired) electrons. The van der Waals surface area contributed by atoms with E-state index in [2.05, 4.69) is 48.5 Å². The number of unbranched alkanes of at least 4 members (excludes halogenated alkanes) is 4. The van der Waals surface area contributed by atoms with Crippen LogP contribution in [0.1, 0.15) is 55.6 Å². The van der Waals surface area contributed by atoms with Gasteiger partial charge in [-0.2, -0.15) is 0 Å². The van der Waals surface area contributed by atoms with Crippen LogP contribution in [0.5, 0.6) is 0 Å². The largest absolute Gasteiger partial charge is 0.465 e. The number of amides is 1. The van der Waals surface area contributed by atoms with E-state index in [1.807, 2.05) is 0 Å². The minimum Gasteiger partial charge on any atom is -0.465 e. The van der Waals surface area contributed by atoms with Gasteiger partial charge in [-0.1, -0.05) is 74.2 Å². The number of nitrogens with zero attached hydrogens (tertiary/aromatic N) is 1. The van der Waals surface area contributed by atoms with Crippen molar-refractivity contribution in [1.29, 1.82) is 0 Å². The molecule has 3 rings (SSSR count). The van der Waals surface area contributed by atoms with Gasteiger partial charge in [0.05, 0.1) is 0 Å². The van der Waals surface area contributed by atoms with Crippen molar-refractivity contribution < 1.29 is 9.90 Å². The quantitative estimate of drug-likeness (QED) is 0.576. The molecule has 0 saturated heterocycles. The van der Waals surface area contributed by atoms with Crippen LogP contribution in [0.4, 0.5) is 4.79 Å². The summed E-state index contributed by atoms with van der Waals surface area (Å²) in [6.07, 6.45) is 5.88. The zero-order valence-electron chi connectivity index (χ0n) is 15.9. The fraction of sp³-hybridized carbons (Fsp3) is 0.435. The second kappa shape index (κ2) is 9.56. The van der Waals surface area contributed by atoms with Crippen molar-refractivity contribution >= 4 is 6.09 Å². The van der Waals surface area contributed by atoms with Gasteiger partial charge in [-0.25, -0.2) is 4.79 Å². The van der Waals surface area contributed by atoms with E-state index >= 15 is 0 Å². The maximum Gasteiger partial charge on any atom is 0.407 e. The van der Waals surface area contributed by atoms with Crippen LogP contribution in [0.3, 0.4) is 0 Å². The van der Waals surface area contributed by atoms with Crippen LogP contribution in [0.15, 0.2) is 48.5 Å². The summed E-state index contributed by atoms with van der Waals surface area (Å²) in [6.45, 7) is 1.41. The molecule has 0 spiro atoms. The minimum atomic E-state index is -0.862. The van der Waals surface area contributed by atoms with Crippen LogP contribution in [0, 0.1) is 0 Å². The first-order chi connectivity index (χ1) is 13.2. The van der Waals surface area contributed by atoms with Crippen LogP contribution in [-0.2, 0) is 0 Å². The Balaban J connectivity index is 1.43. The summed E-state index contributed by atoms with van der Waals surface area (Å²) in [4.78, 5) is 12.5. The highest BCUT2D eigenvalue weighted by atomic mass is 16.4. The average Bonchev–Trinajstić information content (AvgIpc) is 3.00. The molecule has 2 aromatic rings. The summed E-state index contributed by atoms with van der Waals surface area (Å²) in [7, 11) is 0.